The molecule has 0 unspecified atom stereocenters. The van der Waals surface area contributed by atoms with Gasteiger partial charge in [0, 0.05) is 39.7 Å². The van der Waals surface area contributed by atoms with E-state index in [1.165, 1.54) is 0 Å². The van der Waals surface area contributed by atoms with Crippen LogP contribution in [0, 0.1) is 0 Å². The number of amidine groups is 2. The van der Waals surface area contributed by atoms with Gasteiger partial charge < -0.3 is 5.73 Å². The van der Waals surface area contributed by atoms with Crippen LogP contribution in [0.1, 0.15) is 11.1 Å². The summed E-state index contributed by atoms with van der Waals surface area (Å²) < 4.78 is 4.12. The van der Waals surface area contributed by atoms with E-state index in [1.807, 2.05) is 77.7 Å². The van der Waals surface area contributed by atoms with Crippen LogP contribution in [-0.4, -0.2) is 25.7 Å². The van der Waals surface area contributed by atoms with Crippen LogP contribution in [0.5, 0.6) is 0 Å². The molecule has 3 heterocycles. The molecule has 4 aromatic carbocycles. The second-order valence-corrected chi connectivity index (χ2v) is 8.46. The van der Waals surface area contributed by atoms with Crippen molar-refractivity contribution < 1.29 is 0 Å². The van der Waals surface area contributed by atoms with Gasteiger partial charge in [-0.1, -0.05) is 78.9 Å². The second kappa shape index (κ2) is 7.53. The number of benzene rings is 4. The first kappa shape index (κ1) is 19.5. The Balaban J connectivity index is 1.57. The Morgan fingerprint density at radius 2 is 1.34 bits per heavy atom. The van der Waals surface area contributed by atoms with Gasteiger partial charge in [-0.3, -0.25) is 4.40 Å². The van der Waals surface area contributed by atoms with E-state index in [-0.39, 0.29) is 0 Å². The maximum absolute atomic E-state index is 6.44. The molecule has 0 amide bonds. The number of rotatable bonds is 3. The highest BCUT2D eigenvalue weighted by Gasteiger charge is 2.19. The van der Waals surface area contributed by atoms with E-state index in [0.29, 0.717) is 11.7 Å². The van der Waals surface area contributed by atoms with Crippen LogP contribution < -0.4 is 5.73 Å². The van der Waals surface area contributed by atoms with Crippen molar-refractivity contribution in [3.63, 3.8) is 0 Å². The molecule has 166 valence electrons. The fraction of sp³-hybridized carbons (Fsp3) is 0. The molecule has 0 saturated carbocycles. The summed E-state index contributed by atoms with van der Waals surface area (Å²) in [5.74, 6) is 0.957. The highest BCUT2D eigenvalue weighted by atomic mass is 15.4. The van der Waals surface area contributed by atoms with E-state index >= 15 is 0 Å². The van der Waals surface area contributed by atoms with Gasteiger partial charge in [0.05, 0.1) is 16.6 Å². The molecule has 6 nitrogen and oxygen atoms in total. The third-order valence-electron chi connectivity index (χ3n) is 6.43. The van der Waals surface area contributed by atoms with Crippen molar-refractivity contribution in [2.24, 2.45) is 15.8 Å². The van der Waals surface area contributed by atoms with Gasteiger partial charge in [0.1, 0.15) is 11.5 Å². The van der Waals surface area contributed by atoms with Crippen LogP contribution in [0.25, 0.3) is 38.4 Å². The third kappa shape index (κ3) is 2.93. The smallest absolute Gasteiger partial charge is 0.182 e. The van der Waals surface area contributed by atoms with Crippen LogP contribution in [0.4, 0.5) is 0 Å². The highest BCUT2D eigenvalue weighted by Crippen LogP contribution is 2.38. The zero-order valence-electron chi connectivity index (χ0n) is 18.7. The van der Waals surface area contributed by atoms with Crippen LogP contribution in [0.15, 0.2) is 120 Å². The van der Waals surface area contributed by atoms with Crippen LogP contribution in [-0.2, 0) is 0 Å². The van der Waals surface area contributed by atoms with Crippen molar-refractivity contribution in [1.29, 1.82) is 0 Å². The van der Waals surface area contributed by atoms with Crippen molar-refractivity contribution in [3.8, 4) is 0 Å². The lowest BCUT2D eigenvalue weighted by atomic mass is 10.1. The Bertz CT molecular complexity index is 1810. The van der Waals surface area contributed by atoms with Gasteiger partial charge in [0.25, 0.3) is 0 Å². The first-order chi connectivity index (χ1) is 17.3. The molecule has 0 bridgehead atoms. The van der Waals surface area contributed by atoms with E-state index in [4.69, 9.17) is 15.8 Å². The topological polar surface area (TPSA) is 73.0 Å². The lowest BCUT2D eigenvalue weighted by Crippen LogP contribution is -2.16. The van der Waals surface area contributed by atoms with Gasteiger partial charge in [-0.05, 0) is 18.2 Å². The molecule has 0 aliphatic carbocycles. The normalized spacial score (nSPS) is 13.0. The highest BCUT2D eigenvalue weighted by molar-refractivity contribution is 6.26. The zero-order chi connectivity index (χ0) is 23.4. The molecule has 7 rings (SSSR count). The summed E-state index contributed by atoms with van der Waals surface area (Å²) >= 11 is 0. The summed E-state index contributed by atoms with van der Waals surface area (Å²) in [5, 5.41) is 8.50. The number of hydrogen-bond donors (Lipinski definition) is 1. The molecule has 0 aliphatic heterocycles. The van der Waals surface area contributed by atoms with Gasteiger partial charge in [-0.25, -0.2) is 14.7 Å². The number of hydrogen-bond acceptors (Lipinski definition) is 2. The molecule has 7 aromatic rings. The maximum Gasteiger partial charge on any atom is 0.182 e. The third-order valence-corrected chi connectivity index (χ3v) is 6.43. The predicted octanol–water partition coefficient (Wildman–Crippen LogP) is 5.65. The quantitative estimate of drug-likeness (QED) is 0.214. The first-order valence-corrected chi connectivity index (χ1v) is 11.4. The minimum Gasteiger partial charge on any atom is -0.383 e. The van der Waals surface area contributed by atoms with E-state index in [1.54, 1.807) is 0 Å². The summed E-state index contributed by atoms with van der Waals surface area (Å²) in [6.45, 7) is 0. The minimum atomic E-state index is 0.416. The van der Waals surface area contributed by atoms with Crippen LogP contribution in [0.3, 0.4) is 0 Å². The molecule has 0 aliphatic rings. The summed E-state index contributed by atoms with van der Waals surface area (Å²) in [4.78, 5) is 9.44. The maximum atomic E-state index is 6.44. The Labute approximate surface area is 200 Å². The number of pyridine rings is 1. The molecule has 0 fully saturated rings. The number of aromatic nitrogens is 3. The number of nitrogens with two attached hydrogens (primary N) is 1. The van der Waals surface area contributed by atoms with Gasteiger partial charge in [0.15, 0.2) is 5.84 Å². The summed E-state index contributed by atoms with van der Waals surface area (Å²) in [6, 6.07) is 32.2. The zero-order valence-corrected chi connectivity index (χ0v) is 18.7. The van der Waals surface area contributed by atoms with Crippen molar-refractivity contribution in [2.75, 3.05) is 0 Å². The Kier molecular flexibility index (Phi) is 4.20. The average Bonchev–Trinajstić information content (AvgIpc) is 3.53. The van der Waals surface area contributed by atoms with E-state index in [2.05, 4.69) is 45.8 Å². The fourth-order valence-electron chi connectivity index (χ4n) is 4.88. The number of aliphatic imine (C=N–C) groups is 1. The standard InChI is InChI=1S/C29H20N6/c30-27(19-9-3-1-4-10-19)32-28(20-11-5-2-6-12-20)33-35-23-15-7-13-21-25(23)26-22(14-8-16-24(26)35)34-18-17-31-29(21)34/h1-18H,(H2,30,32,33). The van der Waals surface area contributed by atoms with Gasteiger partial charge >= 0.3 is 0 Å². The lowest BCUT2D eigenvalue weighted by Gasteiger charge is -2.07. The van der Waals surface area contributed by atoms with Crippen molar-refractivity contribution in [3.05, 3.63) is 121 Å². The van der Waals surface area contributed by atoms with Gasteiger partial charge in [-0.15, -0.1) is 5.10 Å². The molecular weight excluding hydrogens is 432 g/mol. The van der Waals surface area contributed by atoms with E-state index in [9.17, 15) is 0 Å². The first-order valence-electron chi connectivity index (χ1n) is 11.4. The Morgan fingerprint density at radius 1 is 0.686 bits per heavy atom. The lowest BCUT2D eigenvalue weighted by molar-refractivity contribution is 0.962. The predicted molar refractivity (Wildman–Crippen MR) is 142 cm³/mol. The monoisotopic (exact) mass is 452 g/mol. The Morgan fingerprint density at radius 3 is 2.11 bits per heavy atom. The molecule has 35 heavy (non-hydrogen) atoms. The molecule has 0 spiro atoms. The van der Waals surface area contributed by atoms with Crippen molar-refractivity contribution in [1.82, 2.24) is 14.1 Å². The minimum absolute atomic E-state index is 0.416. The molecule has 2 N–H and O–H groups in total. The Hall–Kier alpha value is -4.97. The molecule has 0 radical (unpaired) electrons. The van der Waals surface area contributed by atoms with Crippen LogP contribution in [0.2, 0.25) is 0 Å². The van der Waals surface area contributed by atoms with Crippen molar-refractivity contribution in [2.45, 2.75) is 0 Å². The summed E-state index contributed by atoms with van der Waals surface area (Å²) in [6.07, 6.45) is 3.85. The van der Waals surface area contributed by atoms with E-state index < -0.39 is 0 Å². The second-order valence-electron chi connectivity index (χ2n) is 8.46. The van der Waals surface area contributed by atoms with Crippen molar-refractivity contribution >= 4 is 50.0 Å². The number of nitrogens with zero attached hydrogens (tertiary/aromatic N) is 5. The van der Waals surface area contributed by atoms with E-state index in [0.717, 1.165) is 49.5 Å². The van der Waals surface area contributed by atoms with Crippen LogP contribution >= 0.6 is 0 Å². The number of imidazole rings is 1. The summed E-state index contributed by atoms with van der Waals surface area (Å²) in [7, 11) is 0. The summed E-state index contributed by atoms with van der Waals surface area (Å²) in [5.41, 5.74) is 12.2. The molecule has 0 saturated heterocycles. The SMILES string of the molecule is NC(=N/C(=N\n1c2cccc3c2c2c1cccc2n1ccnc31)c1ccccc1)c1ccccc1. The number of fused-ring (bicyclic) bond motifs is 3. The fourth-order valence-corrected chi connectivity index (χ4v) is 4.88. The molecule has 0 atom stereocenters. The molecule has 3 aromatic heterocycles. The molecular formula is C29H20N6. The average molecular weight is 453 g/mol. The van der Waals surface area contributed by atoms with Gasteiger partial charge in [-0.2, -0.15) is 0 Å². The van der Waals surface area contributed by atoms with Gasteiger partial charge in [0.2, 0.25) is 0 Å². The molecule has 6 heteroatoms. The largest absolute Gasteiger partial charge is 0.383 e.